The van der Waals surface area contributed by atoms with Gasteiger partial charge in [0.2, 0.25) is 0 Å². The molecule has 0 aliphatic carbocycles. The summed E-state index contributed by atoms with van der Waals surface area (Å²) in [5.41, 5.74) is 3.82. The second kappa shape index (κ2) is 5.00. The minimum atomic E-state index is 0.706. The molecule has 6 heteroatoms. The van der Waals surface area contributed by atoms with Gasteiger partial charge in [-0.2, -0.15) is 5.10 Å². The van der Waals surface area contributed by atoms with Gasteiger partial charge in [-0.15, -0.1) is 0 Å². The zero-order valence-electron chi connectivity index (χ0n) is 12.0. The molecule has 0 spiro atoms. The Bertz CT molecular complexity index is 922. The van der Waals surface area contributed by atoms with Gasteiger partial charge in [0.25, 0.3) is 0 Å². The number of nitrogens with one attached hydrogen (secondary N) is 1. The molecule has 0 saturated carbocycles. The minimum Gasteiger partial charge on any atom is -0.335 e. The summed E-state index contributed by atoms with van der Waals surface area (Å²) in [6.45, 7) is 0. The Hall–Kier alpha value is -3.15. The van der Waals surface area contributed by atoms with Crippen LogP contribution in [0.3, 0.4) is 0 Å². The predicted octanol–water partition coefficient (Wildman–Crippen LogP) is 2.87. The van der Waals surface area contributed by atoms with Gasteiger partial charge >= 0.3 is 0 Å². The van der Waals surface area contributed by atoms with Gasteiger partial charge < -0.3 is 5.32 Å². The summed E-state index contributed by atoms with van der Waals surface area (Å²) in [6, 6.07) is 10.2. The number of hydrogen-bond donors (Lipinski definition) is 1. The minimum absolute atomic E-state index is 0.706. The van der Waals surface area contributed by atoms with Crippen LogP contribution >= 0.6 is 0 Å². The van der Waals surface area contributed by atoms with Crippen LogP contribution in [0.5, 0.6) is 0 Å². The molecule has 0 amide bonds. The highest BCUT2D eigenvalue weighted by atomic mass is 15.3. The van der Waals surface area contributed by atoms with Gasteiger partial charge in [0.05, 0.1) is 23.8 Å². The molecule has 22 heavy (non-hydrogen) atoms. The van der Waals surface area contributed by atoms with Crippen LogP contribution in [0.1, 0.15) is 0 Å². The molecule has 0 fully saturated rings. The lowest BCUT2D eigenvalue weighted by atomic mass is 10.2. The molecule has 3 heterocycles. The third-order valence-corrected chi connectivity index (χ3v) is 3.47. The summed E-state index contributed by atoms with van der Waals surface area (Å²) in [4.78, 5) is 8.90. The number of hydrogen-bond acceptors (Lipinski definition) is 4. The zero-order chi connectivity index (χ0) is 14.9. The third kappa shape index (κ3) is 2.10. The number of aryl methyl sites for hydroxylation is 1. The molecule has 0 saturated heterocycles. The average Bonchev–Trinajstić information content (AvgIpc) is 3.15. The van der Waals surface area contributed by atoms with Crippen molar-refractivity contribution in [1.82, 2.24) is 24.1 Å². The van der Waals surface area contributed by atoms with Gasteiger partial charge in [-0.25, -0.2) is 9.97 Å². The number of fused-ring (bicyclic) bond motifs is 1. The molecular formula is C16H14N6. The molecule has 108 valence electrons. The fraction of sp³-hybridized carbons (Fsp3) is 0.0625. The molecule has 1 N–H and O–H groups in total. The smallest absolute Gasteiger partial charge is 0.180 e. The van der Waals surface area contributed by atoms with Crippen LogP contribution < -0.4 is 5.32 Å². The second-order valence-electron chi connectivity index (χ2n) is 5.01. The first-order valence-electron chi connectivity index (χ1n) is 6.94. The van der Waals surface area contributed by atoms with Crippen molar-refractivity contribution in [3.05, 3.63) is 61.3 Å². The molecule has 0 unspecified atom stereocenters. The SMILES string of the molecule is Cn1cc(Nc2nccn3c(-c4ccccc4)cnc23)cn1. The van der Waals surface area contributed by atoms with Gasteiger partial charge in [-0.05, 0) is 0 Å². The Morgan fingerprint density at radius 2 is 1.91 bits per heavy atom. The monoisotopic (exact) mass is 290 g/mol. The van der Waals surface area contributed by atoms with Crippen molar-refractivity contribution in [2.75, 3.05) is 5.32 Å². The molecule has 3 aromatic heterocycles. The first kappa shape index (κ1) is 12.6. The van der Waals surface area contributed by atoms with E-state index in [0.717, 1.165) is 22.6 Å². The Balaban J connectivity index is 1.80. The summed E-state index contributed by atoms with van der Waals surface area (Å²) < 4.78 is 3.77. The van der Waals surface area contributed by atoms with E-state index in [1.165, 1.54) is 0 Å². The summed E-state index contributed by atoms with van der Waals surface area (Å²) in [6.07, 6.45) is 9.19. The molecule has 6 nitrogen and oxygen atoms in total. The molecule has 4 rings (SSSR count). The number of rotatable bonds is 3. The van der Waals surface area contributed by atoms with Gasteiger partial charge in [-0.3, -0.25) is 9.08 Å². The maximum Gasteiger partial charge on any atom is 0.180 e. The van der Waals surface area contributed by atoms with E-state index in [4.69, 9.17) is 0 Å². The average molecular weight is 290 g/mol. The largest absolute Gasteiger partial charge is 0.335 e. The normalized spacial score (nSPS) is 11.0. The summed E-state index contributed by atoms with van der Waals surface area (Å²) in [5.74, 6) is 0.706. The van der Waals surface area contributed by atoms with Crippen LogP contribution in [-0.2, 0) is 7.05 Å². The van der Waals surface area contributed by atoms with Crippen molar-refractivity contribution in [2.45, 2.75) is 0 Å². The van der Waals surface area contributed by atoms with Crippen molar-refractivity contribution in [2.24, 2.45) is 7.05 Å². The highest BCUT2D eigenvalue weighted by Crippen LogP contribution is 2.24. The number of nitrogens with zero attached hydrogens (tertiary/aromatic N) is 5. The van der Waals surface area contributed by atoms with Gasteiger partial charge in [0, 0.05) is 31.2 Å². The van der Waals surface area contributed by atoms with Crippen molar-refractivity contribution >= 4 is 17.2 Å². The van der Waals surface area contributed by atoms with Crippen LogP contribution in [0.2, 0.25) is 0 Å². The lowest BCUT2D eigenvalue weighted by Crippen LogP contribution is -1.98. The van der Waals surface area contributed by atoms with E-state index in [1.807, 2.05) is 48.2 Å². The molecule has 0 aliphatic heterocycles. The Morgan fingerprint density at radius 1 is 1.05 bits per heavy atom. The first-order valence-corrected chi connectivity index (χ1v) is 6.94. The van der Waals surface area contributed by atoms with E-state index in [1.54, 1.807) is 17.1 Å². The van der Waals surface area contributed by atoms with E-state index in [9.17, 15) is 0 Å². The standard InChI is InChI=1S/C16H14N6/c1-21-11-13(9-19-21)20-15-16-18-10-14(22(16)8-7-17-15)12-5-3-2-4-6-12/h2-11H,1H3,(H,17,20). The zero-order valence-corrected chi connectivity index (χ0v) is 12.0. The van der Waals surface area contributed by atoms with Crippen LogP contribution in [0, 0.1) is 0 Å². The van der Waals surface area contributed by atoms with Crippen molar-refractivity contribution in [1.29, 1.82) is 0 Å². The quantitative estimate of drug-likeness (QED) is 0.630. The predicted molar refractivity (Wildman–Crippen MR) is 84.9 cm³/mol. The highest BCUT2D eigenvalue weighted by molar-refractivity contribution is 5.73. The van der Waals surface area contributed by atoms with Crippen molar-refractivity contribution < 1.29 is 0 Å². The second-order valence-corrected chi connectivity index (χ2v) is 5.01. The first-order chi connectivity index (χ1) is 10.8. The lowest BCUT2D eigenvalue weighted by molar-refractivity contribution is 0.768. The maximum atomic E-state index is 4.51. The fourth-order valence-corrected chi connectivity index (χ4v) is 2.45. The van der Waals surface area contributed by atoms with Crippen molar-refractivity contribution in [3.8, 4) is 11.3 Å². The van der Waals surface area contributed by atoms with Crippen LogP contribution in [0.4, 0.5) is 11.5 Å². The molecule has 0 aliphatic rings. The lowest BCUT2D eigenvalue weighted by Gasteiger charge is -2.06. The van der Waals surface area contributed by atoms with Gasteiger partial charge in [0.15, 0.2) is 11.5 Å². The van der Waals surface area contributed by atoms with Crippen molar-refractivity contribution in [3.63, 3.8) is 0 Å². The summed E-state index contributed by atoms with van der Waals surface area (Å²) >= 11 is 0. The highest BCUT2D eigenvalue weighted by Gasteiger charge is 2.10. The molecular weight excluding hydrogens is 276 g/mol. The molecule has 4 aromatic rings. The molecule has 1 aromatic carbocycles. The third-order valence-electron chi connectivity index (χ3n) is 3.47. The Labute approximate surface area is 127 Å². The summed E-state index contributed by atoms with van der Waals surface area (Å²) in [5, 5.41) is 7.40. The van der Waals surface area contributed by atoms with E-state index in [2.05, 4.69) is 32.5 Å². The van der Waals surface area contributed by atoms with E-state index in [-0.39, 0.29) is 0 Å². The fourth-order valence-electron chi connectivity index (χ4n) is 2.45. The maximum absolute atomic E-state index is 4.51. The van der Waals surface area contributed by atoms with Crippen LogP contribution in [0.25, 0.3) is 16.9 Å². The van der Waals surface area contributed by atoms with E-state index < -0.39 is 0 Å². The number of aromatic nitrogens is 5. The Morgan fingerprint density at radius 3 is 2.68 bits per heavy atom. The molecule has 0 bridgehead atoms. The number of benzene rings is 1. The Kier molecular flexibility index (Phi) is 2.86. The number of anilines is 2. The van der Waals surface area contributed by atoms with E-state index >= 15 is 0 Å². The molecule has 0 atom stereocenters. The summed E-state index contributed by atoms with van der Waals surface area (Å²) in [7, 11) is 1.88. The topological polar surface area (TPSA) is 60.0 Å². The molecule has 0 radical (unpaired) electrons. The van der Waals surface area contributed by atoms with Gasteiger partial charge in [0.1, 0.15) is 0 Å². The van der Waals surface area contributed by atoms with Gasteiger partial charge in [-0.1, -0.05) is 30.3 Å². The number of imidazole rings is 1. The van der Waals surface area contributed by atoms with Crippen LogP contribution in [0.15, 0.2) is 61.3 Å². The van der Waals surface area contributed by atoms with Crippen LogP contribution in [-0.4, -0.2) is 24.1 Å². The van der Waals surface area contributed by atoms with E-state index in [0.29, 0.717) is 5.82 Å².